The number of methoxy groups -OCH3 is 1. The van der Waals surface area contributed by atoms with Gasteiger partial charge in [0.25, 0.3) is 11.6 Å². The molecule has 1 aliphatic rings. The summed E-state index contributed by atoms with van der Waals surface area (Å²) in [5.41, 5.74) is 0.227. The summed E-state index contributed by atoms with van der Waals surface area (Å²) >= 11 is 0. The van der Waals surface area contributed by atoms with Crippen molar-refractivity contribution in [3.63, 3.8) is 0 Å². The van der Waals surface area contributed by atoms with Crippen LogP contribution in [0.3, 0.4) is 0 Å². The van der Waals surface area contributed by atoms with Crippen LogP contribution in [0.1, 0.15) is 23.2 Å². The lowest BCUT2D eigenvalue weighted by Crippen LogP contribution is -2.43. The second kappa shape index (κ2) is 6.53. The highest BCUT2D eigenvalue weighted by molar-refractivity contribution is 5.97. The predicted molar refractivity (Wildman–Crippen MR) is 77.6 cm³/mol. The van der Waals surface area contributed by atoms with E-state index in [0.717, 1.165) is 25.9 Å². The fraction of sp³-hybridized carbons (Fsp3) is 0.500. The minimum absolute atomic E-state index is 0.0947. The van der Waals surface area contributed by atoms with E-state index in [1.54, 1.807) is 0 Å². The van der Waals surface area contributed by atoms with Gasteiger partial charge in [0.2, 0.25) is 0 Å². The van der Waals surface area contributed by atoms with Crippen molar-refractivity contribution in [2.75, 3.05) is 27.2 Å². The zero-order valence-electron chi connectivity index (χ0n) is 12.2. The maximum absolute atomic E-state index is 12.3. The summed E-state index contributed by atoms with van der Waals surface area (Å²) in [5.74, 6) is -0.0362. The molecule has 1 saturated heterocycles. The van der Waals surface area contributed by atoms with Gasteiger partial charge in [-0.05, 0) is 39.0 Å². The average molecular weight is 293 g/mol. The fourth-order valence-electron chi connectivity index (χ4n) is 2.40. The zero-order chi connectivity index (χ0) is 15.4. The molecule has 0 aromatic heterocycles. The molecule has 7 heteroatoms. The van der Waals surface area contributed by atoms with Gasteiger partial charge in [-0.3, -0.25) is 14.9 Å². The number of benzene rings is 1. The Morgan fingerprint density at radius 2 is 2.10 bits per heavy atom. The van der Waals surface area contributed by atoms with Crippen molar-refractivity contribution in [3.05, 3.63) is 33.9 Å². The third-order valence-electron chi connectivity index (χ3n) is 3.69. The summed E-state index contributed by atoms with van der Waals surface area (Å²) in [6.45, 7) is 1.89. The molecular weight excluding hydrogens is 274 g/mol. The van der Waals surface area contributed by atoms with Crippen molar-refractivity contribution >= 4 is 11.6 Å². The summed E-state index contributed by atoms with van der Waals surface area (Å²) < 4.78 is 5.09. The number of nitrogens with one attached hydrogen (secondary N) is 1. The van der Waals surface area contributed by atoms with Gasteiger partial charge in [-0.15, -0.1) is 0 Å². The number of rotatable bonds is 4. The monoisotopic (exact) mass is 293 g/mol. The van der Waals surface area contributed by atoms with Crippen LogP contribution in [0.5, 0.6) is 5.75 Å². The molecule has 0 atom stereocenters. The first-order valence-electron chi connectivity index (χ1n) is 6.83. The van der Waals surface area contributed by atoms with E-state index < -0.39 is 4.92 Å². The van der Waals surface area contributed by atoms with Gasteiger partial charge >= 0.3 is 0 Å². The number of hydrogen-bond acceptors (Lipinski definition) is 5. The lowest BCUT2D eigenvalue weighted by atomic mass is 10.0. The van der Waals surface area contributed by atoms with E-state index in [1.165, 1.54) is 25.3 Å². The molecule has 1 aromatic carbocycles. The van der Waals surface area contributed by atoms with Crippen molar-refractivity contribution in [1.29, 1.82) is 0 Å². The Kier molecular flexibility index (Phi) is 4.74. The number of carbonyl (C=O) groups is 1. The van der Waals surface area contributed by atoms with Gasteiger partial charge in [0, 0.05) is 12.1 Å². The van der Waals surface area contributed by atoms with Crippen molar-refractivity contribution in [2.45, 2.75) is 18.9 Å². The first-order chi connectivity index (χ1) is 10.0. The van der Waals surface area contributed by atoms with Crippen LogP contribution in [0, 0.1) is 10.1 Å². The van der Waals surface area contributed by atoms with Gasteiger partial charge in [-0.1, -0.05) is 0 Å². The Balaban J connectivity index is 2.10. The summed E-state index contributed by atoms with van der Waals surface area (Å²) in [6, 6.07) is 4.14. The molecule has 1 aliphatic heterocycles. The maximum atomic E-state index is 12.3. The molecule has 0 radical (unpaired) electrons. The minimum atomic E-state index is -0.513. The van der Waals surface area contributed by atoms with Crippen LogP contribution < -0.4 is 10.1 Å². The number of non-ortho nitro benzene ring substituents is 1. The normalized spacial score (nSPS) is 16.5. The Labute approximate surface area is 123 Å². The predicted octanol–water partition coefficient (Wildman–Crippen LogP) is 1.43. The minimum Gasteiger partial charge on any atom is -0.496 e. The van der Waals surface area contributed by atoms with Crippen LogP contribution in [-0.2, 0) is 0 Å². The third kappa shape index (κ3) is 3.69. The molecule has 1 fully saturated rings. The molecule has 0 spiro atoms. The zero-order valence-corrected chi connectivity index (χ0v) is 12.2. The number of amides is 1. The highest BCUT2D eigenvalue weighted by Gasteiger charge is 2.22. The number of nitro benzene ring substituents is 1. The molecular formula is C14H19N3O4. The maximum Gasteiger partial charge on any atom is 0.273 e. The van der Waals surface area contributed by atoms with Gasteiger partial charge in [0.15, 0.2) is 0 Å². The first-order valence-corrected chi connectivity index (χ1v) is 6.83. The van der Waals surface area contributed by atoms with Gasteiger partial charge in [0.05, 0.1) is 23.7 Å². The van der Waals surface area contributed by atoms with Crippen LogP contribution in [0.2, 0.25) is 0 Å². The van der Waals surface area contributed by atoms with E-state index in [9.17, 15) is 14.9 Å². The molecule has 0 aliphatic carbocycles. The molecule has 1 aromatic rings. The second-order valence-electron chi connectivity index (χ2n) is 5.19. The molecule has 0 unspecified atom stereocenters. The number of piperidine rings is 1. The lowest BCUT2D eigenvalue weighted by Gasteiger charge is -2.29. The van der Waals surface area contributed by atoms with Crippen LogP contribution in [0.25, 0.3) is 0 Å². The Bertz CT molecular complexity index is 539. The number of nitro groups is 1. The number of ether oxygens (including phenoxy) is 1. The van der Waals surface area contributed by atoms with Crippen LogP contribution in [-0.4, -0.2) is 49.0 Å². The Hall–Kier alpha value is -2.15. The fourth-order valence-corrected chi connectivity index (χ4v) is 2.40. The van der Waals surface area contributed by atoms with E-state index in [0.29, 0.717) is 5.56 Å². The van der Waals surface area contributed by atoms with Gasteiger partial charge in [-0.2, -0.15) is 0 Å². The lowest BCUT2D eigenvalue weighted by molar-refractivity contribution is -0.384. The number of hydrogen-bond donors (Lipinski definition) is 1. The molecule has 1 N–H and O–H groups in total. The number of nitrogens with zero attached hydrogens (tertiary/aromatic N) is 2. The van der Waals surface area contributed by atoms with E-state index in [1.807, 2.05) is 0 Å². The van der Waals surface area contributed by atoms with Crippen LogP contribution in [0.4, 0.5) is 5.69 Å². The SMILES string of the molecule is COc1cc([N+](=O)[O-])ccc1C(=O)NC1CCN(C)CC1. The van der Waals surface area contributed by atoms with Gasteiger partial charge in [-0.25, -0.2) is 0 Å². The molecule has 114 valence electrons. The average Bonchev–Trinajstić information content (AvgIpc) is 2.48. The van der Waals surface area contributed by atoms with E-state index >= 15 is 0 Å². The van der Waals surface area contributed by atoms with Crippen LogP contribution >= 0.6 is 0 Å². The summed E-state index contributed by atoms with van der Waals surface area (Å²) in [6.07, 6.45) is 1.80. The smallest absolute Gasteiger partial charge is 0.273 e. The standard InChI is InChI=1S/C14H19N3O4/c1-16-7-5-10(6-8-16)15-14(18)12-4-3-11(17(19)20)9-13(12)21-2/h3-4,9-10H,5-8H2,1-2H3,(H,15,18). The molecule has 1 heterocycles. The molecule has 0 saturated carbocycles. The van der Waals surface area contributed by atoms with Crippen molar-refractivity contribution < 1.29 is 14.5 Å². The van der Waals surface area contributed by atoms with Crippen LogP contribution in [0.15, 0.2) is 18.2 Å². The molecule has 7 nitrogen and oxygen atoms in total. The number of carbonyl (C=O) groups excluding carboxylic acids is 1. The summed E-state index contributed by atoms with van der Waals surface area (Å²) in [4.78, 5) is 24.7. The van der Waals surface area contributed by atoms with E-state index in [2.05, 4.69) is 17.3 Å². The highest BCUT2D eigenvalue weighted by atomic mass is 16.6. The number of likely N-dealkylation sites (tertiary alicyclic amines) is 1. The quantitative estimate of drug-likeness (QED) is 0.670. The van der Waals surface area contributed by atoms with E-state index in [-0.39, 0.29) is 23.4 Å². The Morgan fingerprint density at radius 3 is 2.67 bits per heavy atom. The largest absolute Gasteiger partial charge is 0.496 e. The third-order valence-corrected chi connectivity index (χ3v) is 3.69. The topological polar surface area (TPSA) is 84.7 Å². The van der Waals surface area contributed by atoms with Gasteiger partial charge < -0.3 is 15.0 Å². The molecule has 0 bridgehead atoms. The molecule has 1 amide bonds. The molecule has 21 heavy (non-hydrogen) atoms. The van der Waals surface area contributed by atoms with Crippen molar-refractivity contribution in [2.24, 2.45) is 0 Å². The summed E-state index contributed by atoms with van der Waals surface area (Å²) in [7, 11) is 3.45. The first kappa shape index (κ1) is 15.2. The van der Waals surface area contributed by atoms with Crippen molar-refractivity contribution in [3.8, 4) is 5.75 Å². The summed E-state index contributed by atoms with van der Waals surface area (Å²) in [5, 5.41) is 13.7. The van der Waals surface area contributed by atoms with Crippen molar-refractivity contribution in [1.82, 2.24) is 10.2 Å². The van der Waals surface area contributed by atoms with Gasteiger partial charge in [0.1, 0.15) is 5.75 Å². The Morgan fingerprint density at radius 1 is 1.43 bits per heavy atom. The molecule has 2 rings (SSSR count). The highest BCUT2D eigenvalue weighted by Crippen LogP contribution is 2.24. The van der Waals surface area contributed by atoms with E-state index in [4.69, 9.17) is 4.74 Å². The second-order valence-corrected chi connectivity index (χ2v) is 5.19.